The lowest BCUT2D eigenvalue weighted by Crippen LogP contribution is -2.43. The summed E-state index contributed by atoms with van der Waals surface area (Å²) in [7, 11) is 0. The van der Waals surface area contributed by atoms with Crippen molar-refractivity contribution in [2.75, 3.05) is 13.1 Å². The fraction of sp³-hybridized carbons (Fsp3) is 0.500. The van der Waals surface area contributed by atoms with Crippen molar-refractivity contribution in [3.63, 3.8) is 0 Å². The smallest absolute Gasteiger partial charge is 0.278 e. The Balaban J connectivity index is 2.11. The number of rotatable bonds is 3. The van der Waals surface area contributed by atoms with Crippen LogP contribution in [-0.4, -0.2) is 40.7 Å². The molecule has 2 unspecified atom stereocenters. The van der Waals surface area contributed by atoms with Gasteiger partial charge >= 0.3 is 0 Å². The zero-order valence-electron chi connectivity index (χ0n) is 15.3. The van der Waals surface area contributed by atoms with Gasteiger partial charge in [-0.05, 0) is 49.8 Å². The van der Waals surface area contributed by atoms with Gasteiger partial charge < -0.3 is 4.90 Å². The molecule has 3 rings (SSSR count). The van der Waals surface area contributed by atoms with Gasteiger partial charge in [0.15, 0.2) is 0 Å². The molecule has 2 aliphatic rings. The van der Waals surface area contributed by atoms with Gasteiger partial charge in [0, 0.05) is 19.1 Å². The Morgan fingerprint density at radius 3 is 2.08 bits per heavy atom. The molecule has 5 heteroatoms. The number of piperidine rings is 1. The van der Waals surface area contributed by atoms with Crippen LogP contribution in [0.3, 0.4) is 0 Å². The Morgan fingerprint density at radius 2 is 1.56 bits per heavy atom. The Morgan fingerprint density at radius 1 is 1.00 bits per heavy atom. The molecule has 1 aromatic carbocycles. The first-order chi connectivity index (χ1) is 11.8. The van der Waals surface area contributed by atoms with E-state index in [0.29, 0.717) is 28.7 Å². The molecule has 0 bridgehead atoms. The molecule has 2 aliphatic heterocycles. The monoisotopic (exact) mass is 344 g/mol. The van der Waals surface area contributed by atoms with Crippen LogP contribution >= 0.6 is 0 Å². The van der Waals surface area contributed by atoms with Gasteiger partial charge in [0.05, 0.1) is 5.57 Å². The maximum atomic E-state index is 13.3. The fourth-order valence-electron chi connectivity index (χ4n) is 4.02. The summed E-state index contributed by atoms with van der Waals surface area (Å²) >= 11 is 0. The molecule has 0 aliphatic carbocycles. The second-order valence-electron chi connectivity index (χ2n) is 7.66. The normalized spacial score (nSPS) is 24.7. The molecule has 0 aromatic heterocycles. The molecule has 0 saturated carbocycles. The molecule has 2 atom stereocenters. The maximum Gasteiger partial charge on any atom is 0.278 e. The lowest BCUT2D eigenvalue weighted by molar-refractivity contribution is -0.139. The largest absolute Gasteiger partial charge is 0.366 e. The summed E-state index contributed by atoms with van der Waals surface area (Å²) in [5.74, 6) is 0.0418. The van der Waals surface area contributed by atoms with E-state index in [1.54, 1.807) is 12.1 Å². The predicted molar refractivity (Wildman–Crippen MR) is 94.8 cm³/mol. The standard InChI is InChI=1S/C20H25FN2O2/c1-12(2)23-19(24)17(15-5-7-16(21)8-6-15)18(20(23)25)22-10-13(3)9-14(4)11-22/h5-8,12-14H,9-11H2,1-4H3. The molecule has 0 radical (unpaired) electrons. The van der Waals surface area contributed by atoms with Crippen LogP contribution in [0.4, 0.5) is 4.39 Å². The SMILES string of the molecule is CC1CC(C)CN(C2=C(c3ccc(F)cc3)C(=O)N(C(C)C)C2=O)C1. The Kier molecular flexibility index (Phi) is 4.67. The van der Waals surface area contributed by atoms with Crippen molar-refractivity contribution in [1.82, 2.24) is 9.80 Å². The fourth-order valence-corrected chi connectivity index (χ4v) is 4.02. The molecule has 0 spiro atoms. The van der Waals surface area contributed by atoms with Crippen LogP contribution in [0.15, 0.2) is 30.0 Å². The number of likely N-dealkylation sites (tertiary alicyclic amines) is 1. The van der Waals surface area contributed by atoms with Gasteiger partial charge in [0.2, 0.25) is 0 Å². The van der Waals surface area contributed by atoms with Gasteiger partial charge in [-0.25, -0.2) is 4.39 Å². The van der Waals surface area contributed by atoms with Crippen LogP contribution in [0.2, 0.25) is 0 Å². The third-order valence-electron chi connectivity index (χ3n) is 4.93. The molecule has 1 aromatic rings. The molecule has 25 heavy (non-hydrogen) atoms. The number of carbonyl (C=O) groups is 2. The first-order valence-corrected chi connectivity index (χ1v) is 8.92. The van der Waals surface area contributed by atoms with Gasteiger partial charge in [-0.2, -0.15) is 0 Å². The van der Waals surface area contributed by atoms with Gasteiger partial charge in [0.1, 0.15) is 11.5 Å². The third-order valence-corrected chi connectivity index (χ3v) is 4.93. The van der Waals surface area contributed by atoms with Crippen molar-refractivity contribution < 1.29 is 14.0 Å². The lowest BCUT2D eigenvalue weighted by Gasteiger charge is -2.37. The summed E-state index contributed by atoms with van der Waals surface area (Å²) < 4.78 is 13.3. The molecule has 2 amide bonds. The van der Waals surface area contributed by atoms with Crippen molar-refractivity contribution >= 4 is 17.4 Å². The van der Waals surface area contributed by atoms with E-state index in [-0.39, 0.29) is 23.7 Å². The second kappa shape index (κ2) is 6.62. The van der Waals surface area contributed by atoms with Crippen LogP contribution in [0.25, 0.3) is 5.57 Å². The molecular weight excluding hydrogens is 319 g/mol. The number of nitrogens with zero attached hydrogens (tertiary/aromatic N) is 2. The summed E-state index contributed by atoms with van der Waals surface area (Å²) in [6.45, 7) is 9.53. The van der Waals surface area contributed by atoms with E-state index in [1.165, 1.54) is 17.0 Å². The van der Waals surface area contributed by atoms with Crippen molar-refractivity contribution in [2.45, 2.75) is 40.2 Å². The van der Waals surface area contributed by atoms with Gasteiger partial charge in [-0.15, -0.1) is 0 Å². The van der Waals surface area contributed by atoms with Crippen LogP contribution in [0.5, 0.6) is 0 Å². The number of benzene rings is 1. The maximum absolute atomic E-state index is 13.3. The van der Waals surface area contributed by atoms with E-state index in [4.69, 9.17) is 0 Å². The lowest BCUT2D eigenvalue weighted by atomic mass is 9.91. The Labute approximate surface area is 148 Å². The number of hydrogen-bond acceptors (Lipinski definition) is 3. The van der Waals surface area contributed by atoms with E-state index in [2.05, 4.69) is 18.7 Å². The average molecular weight is 344 g/mol. The molecule has 1 fully saturated rings. The summed E-state index contributed by atoms with van der Waals surface area (Å²) in [5.41, 5.74) is 1.48. The minimum atomic E-state index is -0.358. The zero-order valence-corrected chi connectivity index (χ0v) is 15.3. The van der Waals surface area contributed by atoms with Gasteiger partial charge in [-0.3, -0.25) is 14.5 Å². The summed E-state index contributed by atoms with van der Waals surface area (Å²) in [4.78, 5) is 29.4. The van der Waals surface area contributed by atoms with Crippen molar-refractivity contribution in [3.8, 4) is 0 Å². The summed E-state index contributed by atoms with van der Waals surface area (Å²) in [6, 6.07) is 5.61. The average Bonchev–Trinajstić information content (AvgIpc) is 2.78. The molecule has 4 nitrogen and oxygen atoms in total. The molecule has 1 saturated heterocycles. The highest BCUT2D eigenvalue weighted by Crippen LogP contribution is 2.35. The zero-order chi connectivity index (χ0) is 18.3. The Bertz CT molecular complexity index is 714. The number of halogens is 1. The minimum absolute atomic E-state index is 0.215. The number of imide groups is 1. The quantitative estimate of drug-likeness (QED) is 0.790. The Hall–Kier alpha value is -2.17. The van der Waals surface area contributed by atoms with Crippen molar-refractivity contribution in [2.24, 2.45) is 11.8 Å². The third kappa shape index (κ3) is 3.20. The first-order valence-electron chi connectivity index (χ1n) is 8.92. The number of carbonyl (C=O) groups excluding carboxylic acids is 2. The molecule has 2 heterocycles. The topological polar surface area (TPSA) is 40.6 Å². The number of hydrogen-bond donors (Lipinski definition) is 0. The predicted octanol–water partition coefficient (Wildman–Crippen LogP) is 3.29. The molecular formula is C20H25FN2O2. The van der Waals surface area contributed by atoms with E-state index in [0.717, 1.165) is 19.5 Å². The van der Waals surface area contributed by atoms with Crippen LogP contribution in [0.1, 0.15) is 39.7 Å². The highest BCUT2D eigenvalue weighted by atomic mass is 19.1. The van der Waals surface area contributed by atoms with Gasteiger partial charge in [0.25, 0.3) is 11.8 Å². The van der Waals surface area contributed by atoms with E-state index < -0.39 is 0 Å². The van der Waals surface area contributed by atoms with Gasteiger partial charge in [-0.1, -0.05) is 26.0 Å². The second-order valence-corrected chi connectivity index (χ2v) is 7.66. The highest BCUT2D eigenvalue weighted by Gasteiger charge is 2.43. The van der Waals surface area contributed by atoms with Crippen LogP contribution < -0.4 is 0 Å². The number of amides is 2. The molecule has 134 valence electrons. The molecule has 0 N–H and O–H groups in total. The van der Waals surface area contributed by atoms with Crippen molar-refractivity contribution in [1.29, 1.82) is 0 Å². The summed E-state index contributed by atoms with van der Waals surface area (Å²) in [6.07, 6.45) is 1.12. The minimum Gasteiger partial charge on any atom is -0.366 e. The first kappa shape index (κ1) is 17.6. The van der Waals surface area contributed by atoms with E-state index in [9.17, 15) is 14.0 Å². The van der Waals surface area contributed by atoms with E-state index >= 15 is 0 Å². The van der Waals surface area contributed by atoms with Crippen LogP contribution in [-0.2, 0) is 9.59 Å². The highest BCUT2D eigenvalue weighted by molar-refractivity contribution is 6.35. The van der Waals surface area contributed by atoms with Crippen molar-refractivity contribution in [3.05, 3.63) is 41.3 Å². The summed E-state index contributed by atoms with van der Waals surface area (Å²) in [5, 5.41) is 0. The van der Waals surface area contributed by atoms with Crippen LogP contribution in [0, 0.1) is 17.7 Å². The van der Waals surface area contributed by atoms with E-state index in [1.807, 2.05) is 13.8 Å².